The number of rotatable bonds is 5. The first-order chi connectivity index (χ1) is 11.1. The van der Waals surface area contributed by atoms with Crippen molar-refractivity contribution in [3.05, 3.63) is 16.1 Å². The van der Waals surface area contributed by atoms with Gasteiger partial charge in [-0.25, -0.2) is 4.98 Å². The standard InChI is InChI=1S/C18H31N3OS/c1-14-10-21(11-15(2)22-14)12-17-4-7-20(8-5-17)9-6-18-13-23-16(3)19-18/h13-15,17H,4-12H2,1-3H3/t14-,15-/m1/s1. The Balaban J connectivity index is 1.36. The van der Waals surface area contributed by atoms with Gasteiger partial charge in [0.2, 0.25) is 0 Å². The maximum atomic E-state index is 5.84. The quantitative estimate of drug-likeness (QED) is 0.826. The van der Waals surface area contributed by atoms with Gasteiger partial charge in [-0.2, -0.15) is 0 Å². The van der Waals surface area contributed by atoms with Gasteiger partial charge < -0.3 is 9.64 Å². The van der Waals surface area contributed by atoms with Crippen LogP contribution in [-0.4, -0.2) is 66.3 Å². The largest absolute Gasteiger partial charge is 0.373 e. The third-order valence-electron chi connectivity index (χ3n) is 5.07. The van der Waals surface area contributed by atoms with Gasteiger partial charge in [-0.15, -0.1) is 11.3 Å². The molecule has 0 radical (unpaired) electrons. The lowest BCUT2D eigenvalue weighted by molar-refractivity contribution is -0.0731. The van der Waals surface area contributed by atoms with Gasteiger partial charge in [0.15, 0.2) is 0 Å². The van der Waals surface area contributed by atoms with Crippen LogP contribution < -0.4 is 0 Å². The van der Waals surface area contributed by atoms with Gasteiger partial charge in [-0.05, 0) is 52.6 Å². The number of aryl methyl sites for hydroxylation is 1. The van der Waals surface area contributed by atoms with Gasteiger partial charge in [-0.1, -0.05) is 0 Å². The van der Waals surface area contributed by atoms with Gasteiger partial charge >= 0.3 is 0 Å². The number of nitrogens with zero attached hydrogens (tertiary/aromatic N) is 3. The molecule has 0 N–H and O–H groups in total. The molecule has 0 spiro atoms. The van der Waals surface area contributed by atoms with Crippen molar-refractivity contribution in [3.63, 3.8) is 0 Å². The SMILES string of the molecule is Cc1nc(CCN2CCC(CN3C[C@@H](C)O[C@H](C)C3)CC2)cs1. The Morgan fingerprint density at radius 3 is 2.48 bits per heavy atom. The Morgan fingerprint density at radius 1 is 1.17 bits per heavy atom. The molecule has 0 unspecified atom stereocenters. The summed E-state index contributed by atoms with van der Waals surface area (Å²) in [6, 6.07) is 0. The smallest absolute Gasteiger partial charge is 0.0897 e. The van der Waals surface area contributed by atoms with Crippen LogP contribution >= 0.6 is 11.3 Å². The second-order valence-electron chi connectivity index (χ2n) is 7.37. The number of likely N-dealkylation sites (tertiary alicyclic amines) is 1. The predicted molar refractivity (Wildman–Crippen MR) is 96.2 cm³/mol. The van der Waals surface area contributed by atoms with Crippen molar-refractivity contribution in [2.45, 2.75) is 52.2 Å². The molecule has 5 heteroatoms. The number of morpholine rings is 1. The summed E-state index contributed by atoms with van der Waals surface area (Å²) in [7, 11) is 0. The molecule has 0 aliphatic carbocycles. The van der Waals surface area contributed by atoms with Crippen LogP contribution in [0.1, 0.15) is 37.4 Å². The molecule has 1 aromatic heterocycles. The molecular weight excluding hydrogens is 306 g/mol. The van der Waals surface area contributed by atoms with Gasteiger partial charge in [0.25, 0.3) is 0 Å². The van der Waals surface area contributed by atoms with E-state index in [1.807, 2.05) is 0 Å². The number of hydrogen-bond acceptors (Lipinski definition) is 5. The van der Waals surface area contributed by atoms with Crippen LogP contribution in [0.2, 0.25) is 0 Å². The number of hydrogen-bond donors (Lipinski definition) is 0. The van der Waals surface area contributed by atoms with E-state index in [0.29, 0.717) is 12.2 Å². The fourth-order valence-corrected chi connectivity index (χ4v) is 4.63. The summed E-state index contributed by atoms with van der Waals surface area (Å²) >= 11 is 1.77. The third-order valence-corrected chi connectivity index (χ3v) is 5.89. The first-order valence-corrected chi connectivity index (χ1v) is 9.97. The minimum absolute atomic E-state index is 0.389. The minimum Gasteiger partial charge on any atom is -0.373 e. The molecule has 0 saturated carbocycles. The highest BCUT2D eigenvalue weighted by Gasteiger charge is 2.26. The fraction of sp³-hybridized carbons (Fsp3) is 0.833. The lowest BCUT2D eigenvalue weighted by atomic mass is 9.95. The summed E-state index contributed by atoms with van der Waals surface area (Å²) in [5, 5.41) is 3.40. The Bertz CT molecular complexity index is 474. The molecule has 2 aliphatic heterocycles. The van der Waals surface area contributed by atoms with E-state index in [-0.39, 0.29) is 0 Å². The van der Waals surface area contributed by atoms with Crippen LogP contribution in [0.25, 0.3) is 0 Å². The third kappa shape index (κ3) is 5.24. The van der Waals surface area contributed by atoms with Crippen molar-refractivity contribution in [1.82, 2.24) is 14.8 Å². The zero-order chi connectivity index (χ0) is 16.2. The van der Waals surface area contributed by atoms with Crippen LogP contribution in [0.3, 0.4) is 0 Å². The van der Waals surface area contributed by atoms with Crippen LogP contribution in [0.15, 0.2) is 5.38 Å². The topological polar surface area (TPSA) is 28.6 Å². The second-order valence-corrected chi connectivity index (χ2v) is 8.43. The van der Waals surface area contributed by atoms with E-state index < -0.39 is 0 Å². The van der Waals surface area contributed by atoms with Crippen molar-refractivity contribution in [3.8, 4) is 0 Å². The van der Waals surface area contributed by atoms with Crippen molar-refractivity contribution < 1.29 is 4.74 Å². The summed E-state index contributed by atoms with van der Waals surface area (Å²) in [4.78, 5) is 9.82. The van der Waals surface area contributed by atoms with Gasteiger partial charge in [0, 0.05) is 38.0 Å². The van der Waals surface area contributed by atoms with Crippen molar-refractivity contribution in [2.24, 2.45) is 5.92 Å². The molecular formula is C18H31N3OS. The first kappa shape index (κ1) is 17.3. The average molecular weight is 338 g/mol. The summed E-state index contributed by atoms with van der Waals surface area (Å²) in [6.45, 7) is 13.6. The Labute approximate surface area is 144 Å². The summed E-state index contributed by atoms with van der Waals surface area (Å²) in [6.07, 6.45) is 4.57. The van der Waals surface area contributed by atoms with E-state index in [1.54, 1.807) is 11.3 Å². The van der Waals surface area contributed by atoms with Crippen molar-refractivity contribution >= 4 is 11.3 Å². The lowest BCUT2D eigenvalue weighted by Gasteiger charge is -2.39. The summed E-state index contributed by atoms with van der Waals surface area (Å²) in [5.41, 5.74) is 1.27. The maximum Gasteiger partial charge on any atom is 0.0897 e. The number of aromatic nitrogens is 1. The van der Waals surface area contributed by atoms with Crippen molar-refractivity contribution in [1.29, 1.82) is 0 Å². The zero-order valence-electron chi connectivity index (χ0n) is 14.8. The molecule has 1 aromatic rings. The Hall–Kier alpha value is -0.490. The van der Waals surface area contributed by atoms with Crippen LogP contribution in [-0.2, 0) is 11.2 Å². The van der Waals surface area contributed by atoms with E-state index in [9.17, 15) is 0 Å². The molecule has 3 heterocycles. The number of thiazole rings is 1. The Morgan fingerprint density at radius 2 is 1.87 bits per heavy atom. The predicted octanol–water partition coefficient (Wildman–Crippen LogP) is 2.82. The molecule has 23 heavy (non-hydrogen) atoms. The summed E-state index contributed by atoms with van der Waals surface area (Å²) in [5.74, 6) is 0.866. The molecule has 4 nitrogen and oxygen atoms in total. The highest BCUT2D eigenvalue weighted by Crippen LogP contribution is 2.21. The molecule has 2 atom stereocenters. The number of ether oxygens (including phenoxy) is 1. The van der Waals surface area contributed by atoms with Crippen LogP contribution in [0.4, 0.5) is 0 Å². The van der Waals surface area contributed by atoms with E-state index in [2.05, 4.69) is 40.9 Å². The molecule has 2 aliphatic rings. The number of piperidine rings is 1. The molecule has 0 aromatic carbocycles. The minimum atomic E-state index is 0.389. The first-order valence-electron chi connectivity index (χ1n) is 9.09. The van der Waals surface area contributed by atoms with Crippen LogP contribution in [0.5, 0.6) is 0 Å². The molecule has 3 rings (SSSR count). The highest BCUT2D eigenvalue weighted by atomic mass is 32.1. The Kier molecular flexibility index (Phi) is 6.07. The van der Waals surface area contributed by atoms with Gasteiger partial charge in [0.05, 0.1) is 22.9 Å². The van der Waals surface area contributed by atoms with E-state index in [0.717, 1.165) is 25.4 Å². The lowest BCUT2D eigenvalue weighted by Crippen LogP contribution is -2.48. The molecule has 2 fully saturated rings. The van der Waals surface area contributed by atoms with E-state index in [4.69, 9.17) is 4.74 Å². The molecule has 130 valence electrons. The van der Waals surface area contributed by atoms with E-state index in [1.165, 1.54) is 49.7 Å². The maximum absolute atomic E-state index is 5.84. The second kappa shape index (κ2) is 8.06. The monoisotopic (exact) mass is 337 g/mol. The fourth-order valence-electron chi connectivity index (χ4n) is 3.99. The average Bonchev–Trinajstić information content (AvgIpc) is 2.91. The summed E-state index contributed by atoms with van der Waals surface area (Å²) < 4.78 is 5.84. The highest BCUT2D eigenvalue weighted by molar-refractivity contribution is 7.09. The van der Waals surface area contributed by atoms with Crippen molar-refractivity contribution in [2.75, 3.05) is 39.3 Å². The van der Waals surface area contributed by atoms with Gasteiger partial charge in [-0.3, -0.25) is 4.90 Å². The zero-order valence-corrected chi connectivity index (χ0v) is 15.6. The van der Waals surface area contributed by atoms with E-state index >= 15 is 0 Å². The molecule has 2 saturated heterocycles. The molecule has 0 amide bonds. The van der Waals surface area contributed by atoms with Crippen LogP contribution in [0, 0.1) is 12.8 Å². The normalized spacial score (nSPS) is 28.3. The van der Waals surface area contributed by atoms with Gasteiger partial charge in [0.1, 0.15) is 0 Å². The molecule has 0 bridgehead atoms.